The van der Waals surface area contributed by atoms with Crippen molar-refractivity contribution >= 4 is 87.4 Å². The topological polar surface area (TPSA) is 378 Å². The molecule has 1 aliphatic rings. The van der Waals surface area contributed by atoms with Crippen molar-refractivity contribution in [1.82, 2.24) is 58.1 Å². The van der Waals surface area contributed by atoms with Gasteiger partial charge in [0.1, 0.15) is 66.2 Å². The van der Waals surface area contributed by atoms with Crippen molar-refractivity contribution in [2.24, 2.45) is 11.7 Å². The van der Waals surface area contributed by atoms with Crippen molar-refractivity contribution in [3.63, 3.8) is 0 Å². The average molecular weight is 1480 g/mol. The zero-order valence-corrected chi connectivity index (χ0v) is 61.3. The number of benzene rings is 7. The lowest BCUT2D eigenvalue weighted by Gasteiger charge is -2.31. The smallest absolute Gasteiger partial charge is 0.245 e. The van der Waals surface area contributed by atoms with E-state index in [1.807, 2.05) is 68.4 Å². The number of carbonyl (C=O) groups is 11. The van der Waals surface area contributed by atoms with Gasteiger partial charge in [-0.3, -0.25) is 52.7 Å². The van der Waals surface area contributed by atoms with Crippen LogP contribution in [0.5, 0.6) is 5.75 Å². The quantitative estimate of drug-likeness (QED) is 0.0235. The van der Waals surface area contributed by atoms with E-state index in [-0.39, 0.29) is 63.2 Å². The molecule has 1 heterocycles. The molecule has 0 aromatic heterocycles. The van der Waals surface area contributed by atoms with Gasteiger partial charge >= 0.3 is 0 Å². The molecule has 0 unspecified atom stereocenters. The van der Waals surface area contributed by atoms with Crippen LogP contribution in [0.2, 0.25) is 5.02 Å². The molecule has 566 valence electrons. The number of aliphatic hydroxyl groups is 1. The van der Waals surface area contributed by atoms with Crippen molar-refractivity contribution in [3.05, 3.63) is 220 Å². The fraction of sp³-hybridized carbons (Fsp3) is 0.370. The molecule has 0 spiro atoms. The van der Waals surface area contributed by atoms with Crippen LogP contribution in [-0.2, 0) is 91.4 Å². The number of nitrogens with zero attached hydrogens (tertiary/aromatic N) is 1. The highest BCUT2D eigenvalue weighted by molar-refractivity contribution is 6.30. The van der Waals surface area contributed by atoms with Gasteiger partial charge in [0.25, 0.3) is 0 Å². The Morgan fingerprint density at radius 1 is 0.467 bits per heavy atom. The first-order valence-electron chi connectivity index (χ1n) is 36.1. The molecule has 11 amide bonds. The molecular weight excluding hydrogens is 1380 g/mol. The lowest BCUT2D eigenvalue weighted by molar-refractivity contribution is -0.142. The van der Waals surface area contributed by atoms with E-state index in [1.165, 1.54) is 43.0 Å². The fourth-order valence-electron chi connectivity index (χ4n) is 12.7. The number of phenols is 1. The van der Waals surface area contributed by atoms with E-state index in [0.29, 0.717) is 66.0 Å². The SMILES string of the molecule is CC(=O)N[C@@H](Cc1ccc2ccccc2c1)C(=O)N[C@@H](Cc1ccccc1)C(=O)N[C@@H](Cc1ccccc1)C(=O)N[C@@H](CO)C(=O)N[C@@H](Cc1ccc(O)cc1)C(=O)N[C@@H](CCCCNCc1ccc(Cl)cc1)C(=O)N[C@@H](Cc1ccccc1)C(=O)N[C@@H](CC(C)C)C(=O)N1CCC[C@@H]1C(=O)N[C@@H](C)C(N)=O. The minimum absolute atomic E-state index is 0.0120. The molecule has 8 rings (SSSR count). The molecule has 1 aliphatic heterocycles. The van der Waals surface area contributed by atoms with Crippen LogP contribution in [-0.4, -0.2) is 160 Å². The summed E-state index contributed by atoms with van der Waals surface area (Å²) in [4.78, 5) is 158. The second kappa shape index (κ2) is 41.0. The van der Waals surface area contributed by atoms with E-state index in [4.69, 9.17) is 17.3 Å². The van der Waals surface area contributed by atoms with Gasteiger partial charge in [0.05, 0.1) is 6.61 Å². The van der Waals surface area contributed by atoms with Crippen LogP contribution in [0.15, 0.2) is 182 Å². The molecule has 10 atom stereocenters. The van der Waals surface area contributed by atoms with Gasteiger partial charge in [-0.05, 0) is 126 Å². The van der Waals surface area contributed by atoms with Crippen molar-refractivity contribution in [2.45, 2.75) is 165 Å². The Balaban J connectivity index is 1.04. The lowest BCUT2D eigenvalue weighted by Crippen LogP contribution is -2.61. The molecule has 25 nitrogen and oxygen atoms in total. The van der Waals surface area contributed by atoms with E-state index in [2.05, 4.69) is 53.2 Å². The van der Waals surface area contributed by atoms with E-state index < -0.39 is 132 Å². The maximum atomic E-state index is 15.2. The minimum atomic E-state index is -1.79. The summed E-state index contributed by atoms with van der Waals surface area (Å²) in [6.45, 7) is 6.56. The summed E-state index contributed by atoms with van der Waals surface area (Å²) in [7, 11) is 0. The molecule has 26 heteroatoms. The number of halogens is 1. The van der Waals surface area contributed by atoms with Gasteiger partial charge in [-0.2, -0.15) is 0 Å². The normalized spacial score (nSPS) is 15.1. The summed E-state index contributed by atoms with van der Waals surface area (Å²) >= 11 is 6.13. The molecule has 0 saturated carbocycles. The number of carbonyl (C=O) groups excluding carboxylic acids is 11. The number of rotatable bonds is 39. The highest BCUT2D eigenvalue weighted by atomic mass is 35.5. The first kappa shape index (κ1) is 81.6. The van der Waals surface area contributed by atoms with Gasteiger partial charge in [-0.25, -0.2) is 0 Å². The number of aromatic hydroxyl groups is 1. The van der Waals surface area contributed by atoms with E-state index in [9.17, 15) is 53.4 Å². The third-order valence-electron chi connectivity index (χ3n) is 18.4. The highest BCUT2D eigenvalue weighted by Crippen LogP contribution is 2.23. The molecule has 0 aliphatic carbocycles. The number of fused-ring (bicyclic) bond motifs is 1. The van der Waals surface area contributed by atoms with E-state index in [1.54, 1.807) is 103 Å². The molecule has 7 aromatic carbocycles. The number of unbranched alkanes of at least 4 members (excludes halogenated alkanes) is 1. The number of amides is 11. The Kier molecular flexibility index (Phi) is 31.3. The molecular formula is C81H97ClN12O13. The number of primary amides is 1. The highest BCUT2D eigenvalue weighted by Gasteiger charge is 2.41. The van der Waals surface area contributed by atoms with Gasteiger partial charge in [-0.1, -0.05) is 183 Å². The first-order valence-corrected chi connectivity index (χ1v) is 36.5. The summed E-state index contributed by atoms with van der Waals surface area (Å²) in [6.07, 6.45) is 1.19. The summed E-state index contributed by atoms with van der Waals surface area (Å²) < 4.78 is 0. The lowest BCUT2D eigenvalue weighted by atomic mass is 9.99. The number of aliphatic hydroxyl groups excluding tert-OH is 1. The summed E-state index contributed by atoms with van der Waals surface area (Å²) in [6, 6.07) is 39.4. The van der Waals surface area contributed by atoms with E-state index in [0.717, 1.165) is 21.9 Å². The Labute approximate surface area is 628 Å². The predicted octanol–water partition coefficient (Wildman–Crippen LogP) is 4.59. The van der Waals surface area contributed by atoms with Crippen molar-refractivity contribution in [3.8, 4) is 5.75 Å². The number of nitrogens with two attached hydrogens (primary N) is 1. The van der Waals surface area contributed by atoms with Crippen molar-refractivity contribution < 1.29 is 63.0 Å². The second-order valence-corrected chi connectivity index (χ2v) is 27.9. The standard InChI is InChI=1S/C81H97ClN12O13/c1-50(2)41-69(81(107)94-40-18-28-71(94)80(106)85-51(3)72(83)98)92-77(103)66(44-54-21-10-6-11-22-54)88-73(99)63(27-16-17-39-84-48-57-30-35-61(82)36-31-57)87-75(101)68(46-56-32-37-62(97)38-33-56)91-79(105)70(49-95)93-78(104)67(45-55-23-12-7-13-24-55)90-76(102)65(43-53-19-8-5-9-20-53)89-74(100)64(86-52(4)96)47-58-29-34-59-25-14-15-26-60(59)42-58/h5-15,19-26,29-38,42,50-51,63-71,84,95,97H,16-18,27-28,39-41,43-49H2,1-4H3,(H2,83,98)(H,85,106)(H,86,96)(H,87,101)(H,88,99)(H,89,100)(H,90,102)(H,91,105)(H,92,103)(H,93,104)/t51-,63-,64-,65-,66-,67-,68-,69-,70-,71+/m0/s1. The zero-order valence-electron chi connectivity index (χ0n) is 60.6. The fourth-order valence-corrected chi connectivity index (χ4v) is 12.8. The third kappa shape index (κ3) is 25.9. The maximum absolute atomic E-state index is 15.2. The summed E-state index contributed by atoms with van der Waals surface area (Å²) in [5.41, 5.74) is 9.41. The van der Waals surface area contributed by atoms with Crippen LogP contribution in [0.25, 0.3) is 10.8 Å². The van der Waals surface area contributed by atoms with Crippen LogP contribution < -0.4 is 58.9 Å². The molecule has 1 fully saturated rings. The molecule has 1 saturated heterocycles. The van der Waals surface area contributed by atoms with E-state index >= 15 is 9.59 Å². The van der Waals surface area contributed by atoms with Gasteiger partial charge in [0.15, 0.2) is 0 Å². The average Bonchev–Trinajstić information content (AvgIpc) is 1.81. The second-order valence-electron chi connectivity index (χ2n) is 27.4. The molecule has 14 N–H and O–H groups in total. The van der Waals surface area contributed by atoms with Crippen LogP contribution in [0.4, 0.5) is 0 Å². The summed E-state index contributed by atoms with van der Waals surface area (Å²) in [5, 5.41) is 51.9. The van der Waals surface area contributed by atoms with Gasteiger partial charge in [0, 0.05) is 57.1 Å². The van der Waals surface area contributed by atoms with Gasteiger partial charge < -0.3 is 74.0 Å². The number of likely N-dealkylation sites (tertiary alicyclic amines) is 1. The largest absolute Gasteiger partial charge is 0.508 e. The predicted molar refractivity (Wildman–Crippen MR) is 406 cm³/mol. The van der Waals surface area contributed by atoms with Gasteiger partial charge in [0.2, 0.25) is 65.0 Å². The molecule has 0 radical (unpaired) electrons. The third-order valence-corrected chi connectivity index (χ3v) is 18.7. The summed E-state index contributed by atoms with van der Waals surface area (Å²) in [5.74, 6) is -8.61. The zero-order chi connectivity index (χ0) is 76.9. The van der Waals surface area contributed by atoms with Crippen LogP contribution >= 0.6 is 11.6 Å². The van der Waals surface area contributed by atoms with Crippen molar-refractivity contribution in [1.29, 1.82) is 0 Å². The first-order chi connectivity index (χ1) is 51.4. The van der Waals surface area contributed by atoms with Crippen molar-refractivity contribution in [2.75, 3.05) is 19.7 Å². The molecule has 107 heavy (non-hydrogen) atoms. The Morgan fingerprint density at radius 2 is 0.879 bits per heavy atom. The number of hydrogen-bond donors (Lipinski definition) is 13. The Morgan fingerprint density at radius 3 is 1.36 bits per heavy atom. The molecule has 7 aromatic rings. The number of nitrogens with one attached hydrogen (secondary N) is 10. The van der Waals surface area contributed by atoms with Gasteiger partial charge in [-0.15, -0.1) is 0 Å². The van der Waals surface area contributed by atoms with Crippen LogP contribution in [0.1, 0.15) is 99.6 Å². The maximum Gasteiger partial charge on any atom is 0.245 e. The minimum Gasteiger partial charge on any atom is -0.508 e. The Hall–Kier alpha value is -11.0. The number of phenolic OH excluding ortho intramolecular Hbond substituents is 1. The molecule has 0 bridgehead atoms. The van der Waals surface area contributed by atoms with Crippen LogP contribution in [0, 0.1) is 5.92 Å². The van der Waals surface area contributed by atoms with Crippen LogP contribution in [0.3, 0.4) is 0 Å². The monoisotopic (exact) mass is 1480 g/mol. The Bertz CT molecular complexity index is 4160. The number of hydrogen-bond acceptors (Lipinski definition) is 14.